The van der Waals surface area contributed by atoms with Gasteiger partial charge >= 0.3 is 15.0 Å². The molecule has 0 saturated carbocycles. The van der Waals surface area contributed by atoms with Gasteiger partial charge in [-0.1, -0.05) is 40.0 Å². The summed E-state index contributed by atoms with van der Waals surface area (Å²) in [6.07, 6.45) is 1.47. The molecule has 0 saturated heterocycles. The number of unbranched alkanes of at least 4 members (excludes halogenated alkanes) is 4. The van der Waals surface area contributed by atoms with Crippen LogP contribution in [0.2, 0.25) is 6.04 Å². The summed E-state index contributed by atoms with van der Waals surface area (Å²) in [6, 6.07) is 0.756. The lowest BCUT2D eigenvalue weighted by molar-refractivity contribution is -0.135. The van der Waals surface area contributed by atoms with E-state index in [1.165, 1.54) is 0 Å². The third kappa shape index (κ3) is 13.2. The molecule has 146 valence electrons. The summed E-state index contributed by atoms with van der Waals surface area (Å²) in [5.74, 6) is 0. The molecule has 0 heterocycles. The number of hydrogen-bond acceptors (Lipinski definition) is 3. The standard InChI is InChI=1S/C17H35F3O3Si/c1-4-13-21-24(22-14-5-2,23-15-6-3)16-11-9-7-8-10-12-17(18,19)20/h4-16H2,1-3H3. The summed E-state index contributed by atoms with van der Waals surface area (Å²) in [5.41, 5.74) is 0. The monoisotopic (exact) mass is 372 g/mol. The van der Waals surface area contributed by atoms with Crippen molar-refractivity contribution in [2.24, 2.45) is 0 Å². The first-order chi connectivity index (χ1) is 11.4. The Kier molecular flexibility index (Phi) is 14.0. The van der Waals surface area contributed by atoms with Crippen LogP contribution in [0.4, 0.5) is 13.2 Å². The predicted molar refractivity (Wildman–Crippen MR) is 93.0 cm³/mol. The van der Waals surface area contributed by atoms with Gasteiger partial charge in [-0.3, -0.25) is 0 Å². The summed E-state index contributed by atoms with van der Waals surface area (Å²) < 4.78 is 54.3. The molecule has 24 heavy (non-hydrogen) atoms. The van der Waals surface area contributed by atoms with E-state index >= 15 is 0 Å². The van der Waals surface area contributed by atoms with Crippen LogP contribution in [-0.4, -0.2) is 34.8 Å². The topological polar surface area (TPSA) is 27.7 Å². The molecule has 0 aromatic carbocycles. The lowest BCUT2D eigenvalue weighted by Crippen LogP contribution is -2.46. The van der Waals surface area contributed by atoms with Gasteiger partial charge in [0.15, 0.2) is 0 Å². The van der Waals surface area contributed by atoms with Crippen molar-refractivity contribution in [3.63, 3.8) is 0 Å². The SMILES string of the molecule is CCCO[Si](CCCCCCCC(F)(F)F)(OCCC)OCCC. The normalized spacial score (nSPS) is 12.8. The highest BCUT2D eigenvalue weighted by Gasteiger charge is 2.40. The molecular formula is C17H35F3O3Si. The Hall–Kier alpha value is -0.113. The van der Waals surface area contributed by atoms with Gasteiger partial charge in [0.05, 0.1) is 0 Å². The van der Waals surface area contributed by atoms with E-state index in [4.69, 9.17) is 13.3 Å². The Balaban J connectivity index is 4.21. The van der Waals surface area contributed by atoms with E-state index in [9.17, 15) is 13.2 Å². The maximum absolute atomic E-state index is 12.1. The van der Waals surface area contributed by atoms with Gasteiger partial charge in [0, 0.05) is 32.3 Å². The summed E-state index contributed by atoms with van der Waals surface area (Å²) >= 11 is 0. The van der Waals surface area contributed by atoms with Crippen LogP contribution in [0.1, 0.15) is 78.6 Å². The Morgan fingerprint density at radius 1 is 0.667 bits per heavy atom. The third-order valence-corrected chi connectivity index (χ3v) is 6.42. The van der Waals surface area contributed by atoms with Gasteiger partial charge in [-0.15, -0.1) is 0 Å². The molecule has 0 radical (unpaired) electrons. The highest BCUT2D eigenvalue weighted by atomic mass is 28.4. The van der Waals surface area contributed by atoms with Gasteiger partial charge in [-0.2, -0.15) is 13.2 Å². The maximum atomic E-state index is 12.1. The second kappa shape index (κ2) is 14.1. The number of hydrogen-bond donors (Lipinski definition) is 0. The van der Waals surface area contributed by atoms with Crippen molar-refractivity contribution in [3.05, 3.63) is 0 Å². The highest BCUT2D eigenvalue weighted by Crippen LogP contribution is 2.24. The van der Waals surface area contributed by atoms with Crippen molar-refractivity contribution in [2.45, 2.75) is 90.8 Å². The molecular weight excluding hydrogens is 337 g/mol. The Morgan fingerprint density at radius 2 is 1.08 bits per heavy atom. The molecule has 0 aliphatic heterocycles. The van der Waals surface area contributed by atoms with E-state index in [0.717, 1.165) is 44.6 Å². The molecule has 0 unspecified atom stereocenters. The van der Waals surface area contributed by atoms with Crippen molar-refractivity contribution in [3.8, 4) is 0 Å². The van der Waals surface area contributed by atoms with Crippen LogP contribution in [0.5, 0.6) is 0 Å². The van der Waals surface area contributed by atoms with Crippen LogP contribution < -0.4 is 0 Å². The molecule has 0 fully saturated rings. The fraction of sp³-hybridized carbons (Fsp3) is 1.00. The van der Waals surface area contributed by atoms with E-state index < -0.39 is 21.4 Å². The van der Waals surface area contributed by atoms with Gasteiger partial charge in [0.2, 0.25) is 0 Å². The van der Waals surface area contributed by atoms with Crippen LogP contribution in [0.3, 0.4) is 0 Å². The second-order valence-electron chi connectivity index (χ2n) is 6.11. The van der Waals surface area contributed by atoms with Crippen LogP contribution >= 0.6 is 0 Å². The van der Waals surface area contributed by atoms with Crippen molar-refractivity contribution in [1.82, 2.24) is 0 Å². The van der Waals surface area contributed by atoms with Crippen LogP contribution in [0, 0.1) is 0 Å². The smallest absolute Gasteiger partial charge is 0.373 e. The summed E-state index contributed by atoms with van der Waals surface area (Å²) in [6.45, 7) is 8.06. The lowest BCUT2D eigenvalue weighted by atomic mass is 10.1. The highest BCUT2D eigenvalue weighted by molar-refractivity contribution is 6.60. The van der Waals surface area contributed by atoms with Gasteiger partial charge in [0.25, 0.3) is 0 Å². The van der Waals surface area contributed by atoms with Gasteiger partial charge in [-0.25, -0.2) is 0 Å². The van der Waals surface area contributed by atoms with E-state index in [1.54, 1.807) is 0 Å². The maximum Gasteiger partial charge on any atom is 0.500 e. The number of rotatable bonds is 16. The van der Waals surface area contributed by atoms with Gasteiger partial charge < -0.3 is 13.3 Å². The molecule has 0 rings (SSSR count). The molecule has 0 N–H and O–H groups in total. The van der Waals surface area contributed by atoms with Gasteiger partial charge in [0.1, 0.15) is 0 Å². The van der Waals surface area contributed by atoms with Crippen molar-refractivity contribution >= 4 is 8.80 Å². The average molecular weight is 373 g/mol. The van der Waals surface area contributed by atoms with Crippen LogP contribution in [-0.2, 0) is 13.3 Å². The Labute approximate surface area is 146 Å². The lowest BCUT2D eigenvalue weighted by Gasteiger charge is -2.29. The zero-order valence-corrected chi connectivity index (χ0v) is 16.6. The first-order valence-electron chi connectivity index (χ1n) is 9.37. The first kappa shape index (κ1) is 23.9. The molecule has 0 aromatic rings. The minimum Gasteiger partial charge on any atom is -0.373 e. The fourth-order valence-electron chi connectivity index (χ4n) is 2.31. The molecule has 0 bridgehead atoms. The van der Waals surface area contributed by atoms with E-state index in [-0.39, 0.29) is 6.42 Å². The predicted octanol–water partition coefficient (Wildman–Crippen LogP) is 6.11. The number of alkyl halides is 3. The molecule has 3 nitrogen and oxygen atoms in total. The molecule has 0 spiro atoms. The molecule has 0 amide bonds. The van der Waals surface area contributed by atoms with Gasteiger partial charge in [-0.05, 0) is 32.1 Å². The quantitative estimate of drug-likeness (QED) is 0.242. The second-order valence-corrected chi connectivity index (χ2v) is 8.84. The molecule has 7 heteroatoms. The molecule has 0 atom stereocenters. The fourth-order valence-corrected chi connectivity index (χ4v) is 5.22. The molecule has 0 aliphatic carbocycles. The molecule has 0 aliphatic rings. The van der Waals surface area contributed by atoms with Crippen molar-refractivity contribution < 1.29 is 26.4 Å². The zero-order chi connectivity index (χ0) is 18.3. The zero-order valence-electron chi connectivity index (χ0n) is 15.6. The minimum atomic E-state index is -4.03. The largest absolute Gasteiger partial charge is 0.500 e. The number of halogens is 3. The Morgan fingerprint density at radius 3 is 1.50 bits per heavy atom. The van der Waals surface area contributed by atoms with E-state index in [2.05, 4.69) is 20.8 Å². The molecule has 0 aromatic heterocycles. The first-order valence-corrected chi connectivity index (χ1v) is 11.3. The minimum absolute atomic E-state index is 0.219. The Bertz CT molecular complexity index is 267. The summed E-state index contributed by atoms with van der Waals surface area (Å²) in [7, 11) is -2.64. The summed E-state index contributed by atoms with van der Waals surface area (Å²) in [4.78, 5) is 0. The van der Waals surface area contributed by atoms with Crippen molar-refractivity contribution in [2.75, 3.05) is 19.8 Å². The van der Waals surface area contributed by atoms with Crippen LogP contribution in [0.15, 0.2) is 0 Å². The average Bonchev–Trinajstić information content (AvgIpc) is 2.53. The van der Waals surface area contributed by atoms with E-state index in [1.807, 2.05) is 0 Å². The third-order valence-electron chi connectivity index (χ3n) is 3.52. The van der Waals surface area contributed by atoms with Crippen molar-refractivity contribution in [1.29, 1.82) is 0 Å². The van der Waals surface area contributed by atoms with E-state index in [0.29, 0.717) is 26.2 Å². The summed E-state index contributed by atoms with van der Waals surface area (Å²) in [5, 5.41) is 0. The van der Waals surface area contributed by atoms with Crippen LogP contribution in [0.25, 0.3) is 0 Å².